The topological polar surface area (TPSA) is 82.5 Å². The van der Waals surface area contributed by atoms with Crippen LogP contribution in [-0.2, 0) is 12.3 Å². The first-order valence-electron chi connectivity index (χ1n) is 8.94. The second-order valence-corrected chi connectivity index (χ2v) is 8.10. The number of rotatable bonds is 6. The summed E-state index contributed by atoms with van der Waals surface area (Å²) in [5.41, 5.74) is 2.84. The number of aryl methyl sites for hydroxylation is 1. The van der Waals surface area contributed by atoms with Gasteiger partial charge in [-0.15, -0.1) is 21.5 Å². The van der Waals surface area contributed by atoms with E-state index in [1.54, 1.807) is 11.3 Å². The minimum absolute atomic E-state index is 0.500. The van der Waals surface area contributed by atoms with Crippen LogP contribution in [0.5, 0.6) is 0 Å². The fourth-order valence-corrected chi connectivity index (χ4v) is 4.41. The van der Waals surface area contributed by atoms with Crippen LogP contribution in [0.1, 0.15) is 19.2 Å². The normalized spacial score (nSPS) is 11.6. The first-order chi connectivity index (χ1) is 13.8. The number of hydrogen-bond donors (Lipinski definition) is 0. The highest BCUT2D eigenvalue weighted by Crippen LogP contribution is 2.28. The molecule has 0 radical (unpaired) electrons. The van der Waals surface area contributed by atoms with E-state index in [1.165, 1.54) is 11.8 Å². The molecule has 28 heavy (non-hydrogen) atoms. The van der Waals surface area contributed by atoms with Crippen molar-refractivity contribution < 1.29 is 4.52 Å². The van der Waals surface area contributed by atoms with Crippen molar-refractivity contribution in [2.45, 2.75) is 30.8 Å². The third kappa shape index (κ3) is 3.06. The molecule has 5 aromatic rings. The smallest absolute Gasteiger partial charge is 0.237 e. The van der Waals surface area contributed by atoms with Crippen molar-refractivity contribution in [3.8, 4) is 10.7 Å². The van der Waals surface area contributed by atoms with Crippen molar-refractivity contribution in [3.63, 3.8) is 0 Å². The summed E-state index contributed by atoms with van der Waals surface area (Å²) in [4.78, 5) is 10.2. The Balaban J connectivity index is 1.43. The Hall–Kier alpha value is -2.78. The van der Waals surface area contributed by atoms with Gasteiger partial charge in [0.05, 0.1) is 16.1 Å². The first kappa shape index (κ1) is 17.3. The number of aromatic nitrogens is 6. The molecule has 0 N–H and O–H groups in total. The van der Waals surface area contributed by atoms with Crippen molar-refractivity contribution in [1.82, 2.24) is 29.9 Å². The van der Waals surface area contributed by atoms with E-state index in [0.717, 1.165) is 39.9 Å². The maximum Gasteiger partial charge on any atom is 0.237 e. The SMILES string of the molecule is CCCn1c2ccccc2c2nnc(SCc3nc(-c4cccs4)no3)nc21. The van der Waals surface area contributed by atoms with E-state index in [1.807, 2.05) is 29.6 Å². The molecule has 0 atom stereocenters. The van der Waals surface area contributed by atoms with Crippen LogP contribution in [0.25, 0.3) is 32.8 Å². The van der Waals surface area contributed by atoms with Crippen LogP contribution in [-0.4, -0.2) is 29.9 Å². The van der Waals surface area contributed by atoms with E-state index in [9.17, 15) is 0 Å². The van der Waals surface area contributed by atoms with Gasteiger partial charge in [0, 0.05) is 11.9 Å². The van der Waals surface area contributed by atoms with E-state index in [-0.39, 0.29) is 0 Å². The maximum atomic E-state index is 5.35. The second-order valence-electron chi connectivity index (χ2n) is 6.21. The minimum atomic E-state index is 0.500. The van der Waals surface area contributed by atoms with E-state index < -0.39 is 0 Å². The summed E-state index contributed by atoms with van der Waals surface area (Å²) in [7, 11) is 0. The maximum absolute atomic E-state index is 5.35. The Labute approximate surface area is 168 Å². The lowest BCUT2D eigenvalue weighted by molar-refractivity contribution is 0.391. The van der Waals surface area contributed by atoms with Gasteiger partial charge in [0.15, 0.2) is 5.65 Å². The van der Waals surface area contributed by atoms with Gasteiger partial charge in [-0.1, -0.05) is 48.1 Å². The molecule has 4 heterocycles. The molecule has 0 aliphatic heterocycles. The van der Waals surface area contributed by atoms with E-state index in [2.05, 4.69) is 44.0 Å². The molecule has 0 aliphatic carbocycles. The fourth-order valence-electron chi connectivity index (χ4n) is 3.15. The van der Waals surface area contributed by atoms with Crippen molar-refractivity contribution in [3.05, 3.63) is 47.7 Å². The van der Waals surface area contributed by atoms with E-state index in [0.29, 0.717) is 22.6 Å². The zero-order valence-electron chi connectivity index (χ0n) is 15.1. The summed E-state index contributed by atoms with van der Waals surface area (Å²) in [6, 6.07) is 12.2. The summed E-state index contributed by atoms with van der Waals surface area (Å²) >= 11 is 3.03. The summed E-state index contributed by atoms with van der Waals surface area (Å²) < 4.78 is 7.56. The molecule has 4 aromatic heterocycles. The third-order valence-electron chi connectivity index (χ3n) is 4.34. The Kier molecular flexibility index (Phi) is 4.53. The lowest BCUT2D eigenvalue weighted by Gasteiger charge is -2.04. The number of fused-ring (bicyclic) bond motifs is 3. The third-order valence-corrected chi connectivity index (χ3v) is 6.02. The highest BCUT2D eigenvalue weighted by Gasteiger charge is 2.15. The van der Waals surface area contributed by atoms with Crippen LogP contribution >= 0.6 is 23.1 Å². The zero-order chi connectivity index (χ0) is 18.9. The molecule has 0 saturated carbocycles. The van der Waals surface area contributed by atoms with Gasteiger partial charge in [-0.2, -0.15) is 4.98 Å². The molecule has 0 saturated heterocycles. The lowest BCUT2D eigenvalue weighted by atomic mass is 10.2. The summed E-state index contributed by atoms with van der Waals surface area (Å²) in [6.45, 7) is 3.05. The van der Waals surface area contributed by atoms with Crippen LogP contribution in [0, 0.1) is 0 Å². The molecule has 9 heteroatoms. The molecule has 5 rings (SSSR count). The zero-order valence-corrected chi connectivity index (χ0v) is 16.7. The largest absolute Gasteiger partial charge is 0.338 e. The Morgan fingerprint density at radius 1 is 1.11 bits per heavy atom. The van der Waals surface area contributed by atoms with Gasteiger partial charge < -0.3 is 9.09 Å². The monoisotopic (exact) mass is 408 g/mol. The van der Waals surface area contributed by atoms with Crippen molar-refractivity contribution in [1.29, 1.82) is 0 Å². The Bertz CT molecular complexity index is 1240. The Morgan fingerprint density at radius 2 is 2.04 bits per heavy atom. The molecule has 0 fully saturated rings. The van der Waals surface area contributed by atoms with Gasteiger partial charge in [-0.3, -0.25) is 0 Å². The molecule has 0 bridgehead atoms. The van der Waals surface area contributed by atoms with Gasteiger partial charge >= 0.3 is 0 Å². The van der Waals surface area contributed by atoms with Crippen LogP contribution in [0.3, 0.4) is 0 Å². The van der Waals surface area contributed by atoms with Crippen molar-refractivity contribution in [2.24, 2.45) is 0 Å². The van der Waals surface area contributed by atoms with Crippen LogP contribution in [0.15, 0.2) is 51.5 Å². The number of thioether (sulfide) groups is 1. The predicted octanol–water partition coefficient (Wildman–Crippen LogP) is 4.79. The lowest BCUT2D eigenvalue weighted by Crippen LogP contribution is -2.00. The number of thiophene rings is 1. The summed E-state index contributed by atoms with van der Waals surface area (Å²) in [6.07, 6.45) is 1.02. The molecule has 0 aliphatic rings. The van der Waals surface area contributed by atoms with Crippen LogP contribution in [0.4, 0.5) is 0 Å². The van der Waals surface area contributed by atoms with E-state index in [4.69, 9.17) is 9.51 Å². The summed E-state index contributed by atoms with van der Waals surface area (Å²) in [5, 5.41) is 16.5. The van der Waals surface area contributed by atoms with Gasteiger partial charge in [0.1, 0.15) is 5.52 Å². The van der Waals surface area contributed by atoms with Crippen LogP contribution < -0.4 is 0 Å². The quantitative estimate of drug-likeness (QED) is 0.373. The average molecular weight is 409 g/mol. The standard InChI is InChI=1S/C19H16N6OS2/c1-2-9-25-13-7-4-3-6-12(13)16-18(25)21-19(23-22-16)28-11-15-20-17(24-26-15)14-8-5-10-27-14/h3-8,10H,2,9,11H2,1H3. The number of benzene rings is 1. The molecular formula is C19H16N6OS2. The first-order valence-corrected chi connectivity index (χ1v) is 10.8. The molecule has 7 nitrogen and oxygen atoms in total. The highest BCUT2D eigenvalue weighted by atomic mass is 32.2. The number of para-hydroxylation sites is 1. The minimum Gasteiger partial charge on any atom is -0.338 e. The molecule has 0 spiro atoms. The average Bonchev–Trinajstić information content (AvgIpc) is 3.47. The Morgan fingerprint density at radius 3 is 2.89 bits per heavy atom. The van der Waals surface area contributed by atoms with Gasteiger partial charge in [0.2, 0.25) is 16.9 Å². The van der Waals surface area contributed by atoms with Crippen molar-refractivity contribution in [2.75, 3.05) is 0 Å². The number of nitrogens with zero attached hydrogens (tertiary/aromatic N) is 6. The van der Waals surface area contributed by atoms with E-state index >= 15 is 0 Å². The summed E-state index contributed by atoms with van der Waals surface area (Å²) in [5.74, 6) is 1.66. The predicted molar refractivity (Wildman–Crippen MR) is 110 cm³/mol. The van der Waals surface area contributed by atoms with Gasteiger partial charge in [0.25, 0.3) is 0 Å². The molecule has 140 valence electrons. The molecule has 1 aromatic carbocycles. The van der Waals surface area contributed by atoms with Gasteiger partial charge in [-0.05, 0) is 23.9 Å². The number of hydrogen-bond acceptors (Lipinski definition) is 8. The fraction of sp³-hybridized carbons (Fsp3) is 0.211. The molecule has 0 unspecified atom stereocenters. The van der Waals surface area contributed by atoms with Gasteiger partial charge in [-0.25, -0.2) is 4.98 Å². The second kappa shape index (κ2) is 7.33. The molecular weight excluding hydrogens is 392 g/mol. The van der Waals surface area contributed by atoms with Crippen LogP contribution in [0.2, 0.25) is 0 Å². The molecule has 0 amide bonds. The van der Waals surface area contributed by atoms with Crippen molar-refractivity contribution >= 4 is 45.2 Å². The highest BCUT2D eigenvalue weighted by molar-refractivity contribution is 7.98.